The summed E-state index contributed by atoms with van der Waals surface area (Å²) >= 11 is 11.8. The Kier molecular flexibility index (Phi) is 7.07. The van der Waals surface area contributed by atoms with E-state index < -0.39 is 6.10 Å². The lowest BCUT2D eigenvalue weighted by atomic mass is 10.1. The molecule has 1 fully saturated rings. The number of halogens is 3. The van der Waals surface area contributed by atoms with Gasteiger partial charge in [-0.15, -0.1) is 12.4 Å². The summed E-state index contributed by atoms with van der Waals surface area (Å²) in [6.07, 6.45) is 0.388. The van der Waals surface area contributed by atoms with E-state index in [1.54, 1.807) is 30.0 Å². The van der Waals surface area contributed by atoms with Crippen molar-refractivity contribution in [2.45, 2.75) is 19.4 Å². The molecule has 0 aliphatic carbocycles. The summed E-state index contributed by atoms with van der Waals surface area (Å²) in [5.41, 5.74) is 5.63. The van der Waals surface area contributed by atoms with Crippen molar-refractivity contribution in [1.82, 2.24) is 4.90 Å². The van der Waals surface area contributed by atoms with Crippen LogP contribution < -0.4 is 10.5 Å². The van der Waals surface area contributed by atoms with Crippen LogP contribution in [0.3, 0.4) is 0 Å². The fraction of sp³-hybridized carbons (Fsp3) is 0.500. The first-order valence-electron chi connectivity index (χ1n) is 6.61. The van der Waals surface area contributed by atoms with Crippen molar-refractivity contribution in [3.63, 3.8) is 0 Å². The van der Waals surface area contributed by atoms with Gasteiger partial charge in [-0.1, -0.05) is 23.2 Å². The van der Waals surface area contributed by atoms with Crippen LogP contribution in [0.25, 0.3) is 0 Å². The molecule has 1 saturated heterocycles. The number of amides is 1. The monoisotopic (exact) mass is 352 g/mol. The van der Waals surface area contributed by atoms with Crippen molar-refractivity contribution in [2.24, 2.45) is 11.7 Å². The predicted molar refractivity (Wildman–Crippen MR) is 87.5 cm³/mol. The maximum Gasteiger partial charge on any atom is 0.263 e. The molecule has 1 heterocycles. The second kappa shape index (κ2) is 8.08. The van der Waals surface area contributed by atoms with E-state index >= 15 is 0 Å². The van der Waals surface area contributed by atoms with Gasteiger partial charge in [0.15, 0.2) is 6.10 Å². The highest BCUT2D eigenvalue weighted by atomic mass is 35.5. The van der Waals surface area contributed by atoms with Crippen LogP contribution in [0, 0.1) is 5.92 Å². The maximum atomic E-state index is 12.3. The summed E-state index contributed by atoms with van der Waals surface area (Å²) in [7, 11) is 0. The van der Waals surface area contributed by atoms with Crippen LogP contribution in [0.1, 0.15) is 13.3 Å². The SMILES string of the molecule is CC(Oc1cc(Cl)cc(Cl)c1)C(=O)N1CCC(CN)C1.Cl. The van der Waals surface area contributed by atoms with Gasteiger partial charge >= 0.3 is 0 Å². The summed E-state index contributed by atoms with van der Waals surface area (Å²) in [4.78, 5) is 14.1. The Balaban J connectivity index is 0.00000220. The normalized spacial score (nSPS) is 19.0. The molecule has 1 aliphatic heterocycles. The first-order chi connectivity index (χ1) is 9.49. The zero-order valence-electron chi connectivity index (χ0n) is 11.7. The van der Waals surface area contributed by atoms with E-state index in [9.17, 15) is 4.79 Å². The van der Waals surface area contributed by atoms with E-state index in [4.69, 9.17) is 33.7 Å². The number of benzene rings is 1. The Morgan fingerprint density at radius 1 is 1.43 bits per heavy atom. The van der Waals surface area contributed by atoms with E-state index in [0.717, 1.165) is 13.0 Å². The molecule has 0 spiro atoms. The number of hydrogen-bond acceptors (Lipinski definition) is 3. The highest BCUT2D eigenvalue weighted by Crippen LogP contribution is 2.25. The van der Waals surface area contributed by atoms with Crippen LogP contribution in [0.5, 0.6) is 5.75 Å². The van der Waals surface area contributed by atoms with Crippen LogP contribution in [0.2, 0.25) is 10.0 Å². The summed E-state index contributed by atoms with van der Waals surface area (Å²) in [5.74, 6) is 0.863. The van der Waals surface area contributed by atoms with Gasteiger partial charge in [0, 0.05) is 23.1 Å². The predicted octanol–water partition coefficient (Wildman–Crippen LogP) is 2.99. The third-order valence-corrected chi connectivity index (χ3v) is 3.86. The number of hydrogen-bond donors (Lipinski definition) is 1. The second-order valence-electron chi connectivity index (χ2n) is 5.04. The van der Waals surface area contributed by atoms with E-state index in [1.807, 2.05) is 0 Å². The van der Waals surface area contributed by atoms with Gasteiger partial charge in [-0.2, -0.15) is 0 Å². The Morgan fingerprint density at radius 2 is 2.05 bits per heavy atom. The molecule has 0 aromatic heterocycles. The summed E-state index contributed by atoms with van der Waals surface area (Å²) in [6, 6.07) is 4.91. The lowest BCUT2D eigenvalue weighted by Gasteiger charge is -2.22. The molecule has 21 heavy (non-hydrogen) atoms. The second-order valence-corrected chi connectivity index (χ2v) is 5.91. The summed E-state index contributed by atoms with van der Waals surface area (Å²) in [5, 5.41) is 0.966. The van der Waals surface area contributed by atoms with Crippen LogP contribution >= 0.6 is 35.6 Å². The van der Waals surface area contributed by atoms with Crippen molar-refractivity contribution < 1.29 is 9.53 Å². The standard InChI is InChI=1S/C14H18Cl2N2O2.ClH/c1-9(14(19)18-3-2-10(7-17)8-18)20-13-5-11(15)4-12(16)6-13;/h4-6,9-10H,2-3,7-8,17H2,1H3;1H. The van der Waals surface area contributed by atoms with Crippen molar-refractivity contribution in [3.8, 4) is 5.75 Å². The van der Waals surface area contributed by atoms with Gasteiger partial charge in [-0.05, 0) is 44.0 Å². The van der Waals surface area contributed by atoms with Crippen molar-refractivity contribution >= 4 is 41.5 Å². The molecule has 1 aromatic carbocycles. The van der Waals surface area contributed by atoms with Gasteiger partial charge in [0.05, 0.1) is 0 Å². The minimum Gasteiger partial charge on any atom is -0.481 e. The number of carbonyl (C=O) groups is 1. The molecule has 1 aliphatic rings. The molecule has 1 aromatic rings. The molecule has 2 N–H and O–H groups in total. The molecule has 0 radical (unpaired) electrons. The molecule has 2 rings (SSSR count). The van der Waals surface area contributed by atoms with Gasteiger partial charge in [0.2, 0.25) is 0 Å². The lowest BCUT2D eigenvalue weighted by molar-refractivity contribution is -0.136. The van der Waals surface area contributed by atoms with Gasteiger partial charge in [0.1, 0.15) is 5.75 Å². The maximum absolute atomic E-state index is 12.3. The number of nitrogens with zero attached hydrogens (tertiary/aromatic N) is 1. The van der Waals surface area contributed by atoms with Crippen molar-refractivity contribution in [3.05, 3.63) is 28.2 Å². The average molecular weight is 354 g/mol. The van der Waals surface area contributed by atoms with Gasteiger partial charge < -0.3 is 15.4 Å². The zero-order valence-corrected chi connectivity index (χ0v) is 14.0. The summed E-state index contributed by atoms with van der Waals surface area (Å²) < 4.78 is 5.63. The Labute approximate surface area is 140 Å². The third kappa shape index (κ3) is 4.92. The van der Waals surface area contributed by atoms with E-state index in [2.05, 4.69) is 0 Å². The number of rotatable bonds is 4. The van der Waals surface area contributed by atoms with Gasteiger partial charge in [-0.3, -0.25) is 4.79 Å². The molecule has 4 nitrogen and oxygen atoms in total. The van der Waals surface area contributed by atoms with Gasteiger partial charge in [-0.25, -0.2) is 0 Å². The minimum absolute atomic E-state index is 0. The molecule has 0 bridgehead atoms. The third-order valence-electron chi connectivity index (χ3n) is 3.43. The fourth-order valence-electron chi connectivity index (χ4n) is 2.33. The molecule has 118 valence electrons. The average Bonchev–Trinajstić information content (AvgIpc) is 2.85. The Bertz CT molecular complexity index is 479. The molecule has 0 saturated carbocycles. The first kappa shape index (κ1) is 18.4. The van der Waals surface area contributed by atoms with E-state index in [0.29, 0.717) is 34.8 Å². The lowest BCUT2D eigenvalue weighted by Crippen LogP contribution is -2.39. The topological polar surface area (TPSA) is 55.6 Å². The Hall–Kier alpha value is -0.680. The smallest absolute Gasteiger partial charge is 0.263 e. The van der Waals surface area contributed by atoms with Crippen LogP contribution in [-0.4, -0.2) is 36.5 Å². The molecular formula is C14H19Cl3N2O2. The first-order valence-corrected chi connectivity index (χ1v) is 7.36. The highest BCUT2D eigenvalue weighted by molar-refractivity contribution is 6.34. The van der Waals surface area contributed by atoms with Crippen molar-refractivity contribution in [1.29, 1.82) is 0 Å². The number of nitrogens with two attached hydrogens (primary N) is 1. The molecule has 7 heteroatoms. The largest absolute Gasteiger partial charge is 0.481 e. The molecule has 1 amide bonds. The minimum atomic E-state index is -0.568. The van der Waals surface area contributed by atoms with Crippen LogP contribution in [-0.2, 0) is 4.79 Å². The number of likely N-dealkylation sites (tertiary alicyclic amines) is 1. The number of carbonyl (C=O) groups excluding carboxylic acids is 1. The summed E-state index contributed by atoms with van der Waals surface area (Å²) in [6.45, 7) is 3.79. The molecule has 2 atom stereocenters. The Morgan fingerprint density at radius 3 is 2.57 bits per heavy atom. The quantitative estimate of drug-likeness (QED) is 0.905. The highest BCUT2D eigenvalue weighted by Gasteiger charge is 2.29. The fourth-order valence-corrected chi connectivity index (χ4v) is 2.84. The van der Waals surface area contributed by atoms with Gasteiger partial charge in [0.25, 0.3) is 5.91 Å². The van der Waals surface area contributed by atoms with Crippen molar-refractivity contribution in [2.75, 3.05) is 19.6 Å². The van der Waals surface area contributed by atoms with E-state index in [-0.39, 0.29) is 18.3 Å². The van der Waals surface area contributed by atoms with Crippen LogP contribution in [0.15, 0.2) is 18.2 Å². The molecule has 2 unspecified atom stereocenters. The number of ether oxygens (including phenoxy) is 1. The molecular weight excluding hydrogens is 335 g/mol. The van der Waals surface area contributed by atoms with Crippen LogP contribution in [0.4, 0.5) is 0 Å². The zero-order chi connectivity index (χ0) is 14.7. The van der Waals surface area contributed by atoms with E-state index in [1.165, 1.54) is 0 Å².